The molecule has 0 aromatic heterocycles. The molecule has 2 aromatic carbocycles. The van der Waals surface area contributed by atoms with Gasteiger partial charge >= 0.3 is 0 Å². The van der Waals surface area contributed by atoms with Crippen LogP contribution in [0.1, 0.15) is 29.8 Å². The molecule has 6 nitrogen and oxygen atoms in total. The van der Waals surface area contributed by atoms with Gasteiger partial charge in [0.25, 0.3) is 0 Å². The first kappa shape index (κ1) is 19.5. The smallest absolute Gasteiger partial charge is 0.214 e. The zero-order valence-corrected chi connectivity index (χ0v) is 16.1. The molecule has 0 aliphatic carbocycles. The standard InChI is InChI=1S/C20H23NO5S/c1-14(2)27(23,24)21-18-12-25-13-19(18)26-17-10-8-16(9-11-17)20(22)15-6-4-3-5-7-15/h3-11,14,18-19,21H,12-13H2,1-2H3. The van der Waals surface area contributed by atoms with E-state index in [0.717, 1.165) is 0 Å². The van der Waals surface area contributed by atoms with Crippen LogP contribution in [-0.2, 0) is 14.8 Å². The summed E-state index contributed by atoms with van der Waals surface area (Å²) in [6.45, 7) is 3.81. The third-order valence-electron chi connectivity index (χ3n) is 4.40. The van der Waals surface area contributed by atoms with Crippen molar-refractivity contribution in [3.8, 4) is 5.75 Å². The largest absolute Gasteiger partial charge is 0.486 e. The van der Waals surface area contributed by atoms with Crippen LogP contribution in [0.4, 0.5) is 0 Å². The van der Waals surface area contributed by atoms with Crippen LogP contribution in [0.5, 0.6) is 5.75 Å². The minimum Gasteiger partial charge on any atom is -0.486 e. The number of benzene rings is 2. The lowest BCUT2D eigenvalue weighted by molar-refractivity contribution is 0.103. The van der Waals surface area contributed by atoms with Gasteiger partial charge in [0, 0.05) is 11.1 Å². The van der Waals surface area contributed by atoms with Crippen LogP contribution >= 0.6 is 0 Å². The molecule has 1 fully saturated rings. The van der Waals surface area contributed by atoms with Crippen LogP contribution < -0.4 is 9.46 Å². The summed E-state index contributed by atoms with van der Waals surface area (Å²) in [5.41, 5.74) is 1.19. The van der Waals surface area contributed by atoms with Crippen molar-refractivity contribution in [2.75, 3.05) is 13.2 Å². The van der Waals surface area contributed by atoms with Gasteiger partial charge < -0.3 is 9.47 Å². The molecular weight excluding hydrogens is 366 g/mol. The van der Waals surface area contributed by atoms with Crippen molar-refractivity contribution in [2.45, 2.75) is 31.2 Å². The van der Waals surface area contributed by atoms with E-state index in [9.17, 15) is 13.2 Å². The van der Waals surface area contributed by atoms with Gasteiger partial charge in [0.15, 0.2) is 5.78 Å². The second-order valence-electron chi connectivity index (χ2n) is 6.73. The number of carbonyl (C=O) groups is 1. The summed E-state index contributed by atoms with van der Waals surface area (Å²) < 4.78 is 38.1. The molecule has 0 bridgehead atoms. The fraction of sp³-hybridized carbons (Fsp3) is 0.350. The second-order valence-corrected chi connectivity index (χ2v) is 9.00. The molecule has 3 rings (SSSR count). The average Bonchev–Trinajstić information content (AvgIpc) is 3.08. The molecular formula is C20H23NO5S. The van der Waals surface area contributed by atoms with Gasteiger partial charge in [-0.15, -0.1) is 0 Å². The summed E-state index contributed by atoms with van der Waals surface area (Å²) in [4.78, 5) is 12.4. The predicted octanol–water partition coefficient (Wildman–Crippen LogP) is 2.39. The highest BCUT2D eigenvalue weighted by molar-refractivity contribution is 7.90. The van der Waals surface area contributed by atoms with Gasteiger partial charge in [-0.25, -0.2) is 13.1 Å². The number of sulfonamides is 1. The Balaban J connectivity index is 1.66. The molecule has 2 unspecified atom stereocenters. The first-order chi connectivity index (χ1) is 12.9. The summed E-state index contributed by atoms with van der Waals surface area (Å²) in [5.74, 6) is 0.498. The number of hydrogen-bond acceptors (Lipinski definition) is 5. The average molecular weight is 389 g/mol. The van der Waals surface area contributed by atoms with Gasteiger partial charge in [-0.2, -0.15) is 0 Å². The number of carbonyl (C=O) groups excluding carboxylic acids is 1. The zero-order chi connectivity index (χ0) is 19.4. The van der Waals surface area contributed by atoms with Crippen molar-refractivity contribution in [1.29, 1.82) is 0 Å². The van der Waals surface area contributed by atoms with E-state index < -0.39 is 27.4 Å². The van der Waals surface area contributed by atoms with Crippen LogP contribution in [0.3, 0.4) is 0 Å². The molecule has 27 heavy (non-hydrogen) atoms. The topological polar surface area (TPSA) is 81.7 Å². The molecule has 0 spiro atoms. The maximum absolute atomic E-state index is 12.4. The van der Waals surface area contributed by atoms with Gasteiger partial charge in [-0.1, -0.05) is 30.3 Å². The van der Waals surface area contributed by atoms with Crippen LogP contribution in [-0.4, -0.2) is 44.8 Å². The first-order valence-corrected chi connectivity index (χ1v) is 10.4. The highest BCUT2D eigenvalue weighted by atomic mass is 32.2. The fourth-order valence-corrected chi connectivity index (χ4v) is 3.64. The third kappa shape index (κ3) is 4.74. The maximum Gasteiger partial charge on any atom is 0.214 e. The molecule has 2 atom stereocenters. The first-order valence-electron chi connectivity index (χ1n) is 8.82. The van der Waals surface area contributed by atoms with Gasteiger partial charge in [-0.05, 0) is 38.1 Å². The monoisotopic (exact) mass is 389 g/mol. The number of nitrogens with one attached hydrogen (secondary N) is 1. The molecule has 7 heteroatoms. The summed E-state index contributed by atoms with van der Waals surface area (Å²) in [6.07, 6.45) is -0.422. The Kier molecular flexibility index (Phi) is 5.94. The summed E-state index contributed by atoms with van der Waals surface area (Å²) in [6, 6.07) is 15.4. The molecule has 2 aromatic rings. The van der Waals surface area contributed by atoms with E-state index in [-0.39, 0.29) is 12.4 Å². The highest BCUT2D eigenvalue weighted by Gasteiger charge is 2.34. The summed E-state index contributed by atoms with van der Waals surface area (Å²) in [7, 11) is -3.41. The van der Waals surface area contributed by atoms with Gasteiger partial charge in [0.2, 0.25) is 10.0 Å². The number of hydrogen-bond donors (Lipinski definition) is 1. The summed E-state index contributed by atoms with van der Waals surface area (Å²) >= 11 is 0. The minimum absolute atomic E-state index is 0.0612. The molecule has 0 radical (unpaired) electrons. The van der Waals surface area contributed by atoms with Crippen LogP contribution in [0.2, 0.25) is 0 Å². The fourth-order valence-electron chi connectivity index (χ4n) is 2.72. The Morgan fingerprint density at radius 2 is 1.67 bits per heavy atom. The van der Waals surface area contributed by atoms with Crippen molar-refractivity contribution in [3.63, 3.8) is 0 Å². The van der Waals surface area contributed by atoms with Crippen LogP contribution in [0.25, 0.3) is 0 Å². The highest BCUT2D eigenvalue weighted by Crippen LogP contribution is 2.20. The molecule has 1 saturated heterocycles. The predicted molar refractivity (Wildman–Crippen MR) is 103 cm³/mol. The van der Waals surface area contributed by atoms with Crippen molar-refractivity contribution < 1.29 is 22.7 Å². The quantitative estimate of drug-likeness (QED) is 0.736. The van der Waals surface area contributed by atoms with Crippen LogP contribution in [0.15, 0.2) is 54.6 Å². The number of ether oxygens (including phenoxy) is 2. The molecule has 1 aliphatic heterocycles. The lowest BCUT2D eigenvalue weighted by Gasteiger charge is -2.21. The normalized spacial score (nSPS) is 20.0. The molecule has 0 amide bonds. The van der Waals surface area contributed by atoms with Gasteiger partial charge in [0.05, 0.1) is 24.5 Å². The second kappa shape index (κ2) is 8.21. The Morgan fingerprint density at radius 1 is 1.04 bits per heavy atom. The Hall–Kier alpha value is -2.22. The minimum atomic E-state index is -3.41. The van der Waals surface area contributed by atoms with Crippen molar-refractivity contribution in [2.24, 2.45) is 0 Å². The molecule has 1 aliphatic rings. The van der Waals surface area contributed by atoms with E-state index in [0.29, 0.717) is 23.5 Å². The van der Waals surface area contributed by atoms with E-state index in [4.69, 9.17) is 9.47 Å². The Bertz CT molecular complexity index is 878. The zero-order valence-electron chi connectivity index (χ0n) is 15.3. The molecule has 144 valence electrons. The Labute approximate surface area is 159 Å². The molecule has 0 saturated carbocycles. The third-order valence-corrected chi connectivity index (χ3v) is 6.28. The Morgan fingerprint density at radius 3 is 2.30 bits per heavy atom. The van der Waals surface area contributed by atoms with Gasteiger partial charge in [0.1, 0.15) is 11.9 Å². The SMILES string of the molecule is CC(C)S(=O)(=O)NC1COCC1Oc1ccc(C(=O)c2ccccc2)cc1. The maximum atomic E-state index is 12.4. The van der Waals surface area contributed by atoms with E-state index >= 15 is 0 Å². The van der Waals surface area contributed by atoms with E-state index in [1.165, 1.54) is 0 Å². The number of rotatable bonds is 7. The number of ketones is 1. The van der Waals surface area contributed by atoms with Crippen molar-refractivity contribution >= 4 is 15.8 Å². The lowest BCUT2D eigenvalue weighted by atomic mass is 10.0. The molecule has 1 N–H and O–H groups in total. The van der Waals surface area contributed by atoms with Crippen LogP contribution in [0, 0.1) is 0 Å². The van der Waals surface area contributed by atoms with Gasteiger partial charge in [-0.3, -0.25) is 4.79 Å². The van der Waals surface area contributed by atoms with E-state index in [1.54, 1.807) is 50.2 Å². The molecule has 1 heterocycles. The summed E-state index contributed by atoms with van der Waals surface area (Å²) in [5, 5.41) is -0.526. The van der Waals surface area contributed by atoms with Crippen molar-refractivity contribution in [1.82, 2.24) is 4.72 Å². The van der Waals surface area contributed by atoms with Crippen molar-refractivity contribution in [3.05, 3.63) is 65.7 Å². The van der Waals surface area contributed by atoms with E-state index in [2.05, 4.69) is 4.72 Å². The van der Waals surface area contributed by atoms with E-state index in [1.807, 2.05) is 18.2 Å². The lowest BCUT2D eigenvalue weighted by Crippen LogP contribution is -2.47.